The fourth-order valence-corrected chi connectivity index (χ4v) is 2.38. The van der Waals surface area contributed by atoms with Gasteiger partial charge in [0.1, 0.15) is 0 Å². The van der Waals surface area contributed by atoms with E-state index in [1.165, 1.54) is 30.5 Å². The first-order chi connectivity index (χ1) is 7.72. The molecule has 1 aliphatic rings. The van der Waals surface area contributed by atoms with Gasteiger partial charge in [-0.2, -0.15) is 0 Å². The smallest absolute Gasteiger partial charge is 0.0377 e. The molecule has 1 atom stereocenters. The van der Waals surface area contributed by atoms with Gasteiger partial charge in [0.2, 0.25) is 0 Å². The Morgan fingerprint density at radius 1 is 1.25 bits per heavy atom. The molecule has 0 amide bonds. The van der Waals surface area contributed by atoms with Gasteiger partial charge < -0.3 is 5.32 Å². The summed E-state index contributed by atoms with van der Waals surface area (Å²) in [6.45, 7) is 6.81. The van der Waals surface area contributed by atoms with Gasteiger partial charge in [0.05, 0.1) is 0 Å². The van der Waals surface area contributed by atoms with Gasteiger partial charge >= 0.3 is 0 Å². The highest BCUT2D eigenvalue weighted by Crippen LogP contribution is 2.36. The summed E-state index contributed by atoms with van der Waals surface area (Å²) >= 11 is 0. The highest BCUT2D eigenvalue weighted by molar-refractivity contribution is 5.53. The highest BCUT2D eigenvalue weighted by atomic mass is 14.9. The summed E-state index contributed by atoms with van der Waals surface area (Å²) < 4.78 is 0. The third-order valence-corrected chi connectivity index (χ3v) is 3.55. The summed E-state index contributed by atoms with van der Waals surface area (Å²) in [5.41, 5.74) is 2.79. The lowest BCUT2D eigenvalue weighted by atomic mass is 10.00. The molecular weight excluding hydrogens is 194 g/mol. The molecule has 0 saturated heterocycles. The maximum absolute atomic E-state index is 3.74. The second-order valence-corrected chi connectivity index (χ2v) is 5.24. The summed E-state index contributed by atoms with van der Waals surface area (Å²) in [4.78, 5) is 0. The van der Waals surface area contributed by atoms with E-state index in [2.05, 4.69) is 50.4 Å². The summed E-state index contributed by atoms with van der Waals surface area (Å²) in [6, 6.07) is 9.42. The molecule has 1 saturated carbocycles. The van der Waals surface area contributed by atoms with Crippen LogP contribution in [0.1, 0.15) is 51.5 Å². The van der Waals surface area contributed by atoms with Gasteiger partial charge in [0, 0.05) is 11.7 Å². The van der Waals surface area contributed by atoms with Crippen LogP contribution in [-0.4, -0.2) is 6.04 Å². The minimum Gasteiger partial charge on any atom is -0.382 e. The fourth-order valence-electron chi connectivity index (χ4n) is 2.38. The number of para-hydroxylation sites is 1. The van der Waals surface area contributed by atoms with Crippen molar-refractivity contribution in [1.82, 2.24) is 0 Å². The first-order valence-electron chi connectivity index (χ1n) is 6.57. The summed E-state index contributed by atoms with van der Waals surface area (Å²) in [5.74, 6) is 1.52. The van der Waals surface area contributed by atoms with Gasteiger partial charge in [0.15, 0.2) is 0 Å². The number of hydrogen-bond donors (Lipinski definition) is 1. The van der Waals surface area contributed by atoms with Crippen molar-refractivity contribution < 1.29 is 0 Å². The average molecular weight is 217 g/mol. The van der Waals surface area contributed by atoms with Crippen molar-refractivity contribution >= 4 is 5.69 Å². The lowest BCUT2D eigenvalue weighted by molar-refractivity contribution is 0.615. The zero-order chi connectivity index (χ0) is 11.5. The van der Waals surface area contributed by atoms with Gasteiger partial charge in [0.25, 0.3) is 0 Å². The molecule has 0 radical (unpaired) electrons. The van der Waals surface area contributed by atoms with Crippen molar-refractivity contribution in [1.29, 1.82) is 0 Å². The molecule has 0 spiro atoms. The fraction of sp³-hybridized carbons (Fsp3) is 0.600. The van der Waals surface area contributed by atoms with E-state index in [0.29, 0.717) is 12.0 Å². The van der Waals surface area contributed by atoms with E-state index in [4.69, 9.17) is 0 Å². The minimum absolute atomic E-state index is 0.598. The Kier molecular flexibility index (Phi) is 3.52. The van der Waals surface area contributed by atoms with Crippen molar-refractivity contribution in [2.24, 2.45) is 5.92 Å². The van der Waals surface area contributed by atoms with E-state index < -0.39 is 0 Å². The topological polar surface area (TPSA) is 12.0 Å². The number of anilines is 1. The van der Waals surface area contributed by atoms with Crippen molar-refractivity contribution in [3.63, 3.8) is 0 Å². The molecule has 0 bridgehead atoms. The Morgan fingerprint density at radius 2 is 1.94 bits per heavy atom. The molecule has 1 aromatic carbocycles. The van der Waals surface area contributed by atoms with E-state index in [-0.39, 0.29) is 0 Å². The standard InChI is InChI=1S/C15H23N/c1-4-14(12-9-10-12)16-15-8-6-5-7-13(15)11(2)3/h5-8,11-12,14,16H,4,9-10H2,1-3H3. The average Bonchev–Trinajstić information content (AvgIpc) is 3.10. The Hall–Kier alpha value is -0.980. The van der Waals surface area contributed by atoms with Crippen LogP contribution in [0.3, 0.4) is 0 Å². The molecule has 1 aromatic rings. The second kappa shape index (κ2) is 4.90. The van der Waals surface area contributed by atoms with E-state index in [9.17, 15) is 0 Å². The Bertz CT molecular complexity index is 339. The third-order valence-electron chi connectivity index (χ3n) is 3.55. The van der Waals surface area contributed by atoms with Gasteiger partial charge in [-0.05, 0) is 42.7 Å². The van der Waals surface area contributed by atoms with Crippen LogP contribution in [0.4, 0.5) is 5.69 Å². The molecule has 1 nitrogen and oxygen atoms in total. The molecule has 1 unspecified atom stereocenters. The zero-order valence-electron chi connectivity index (χ0n) is 10.7. The molecule has 2 rings (SSSR count). The molecule has 1 fully saturated rings. The van der Waals surface area contributed by atoms with E-state index in [1.54, 1.807) is 0 Å². The monoisotopic (exact) mass is 217 g/mol. The molecule has 0 aromatic heterocycles. The van der Waals surface area contributed by atoms with Crippen LogP contribution in [0.15, 0.2) is 24.3 Å². The molecule has 1 heteroatoms. The van der Waals surface area contributed by atoms with Gasteiger partial charge in [-0.15, -0.1) is 0 Å². The Morgan fingerprint density at radius 3 is 2.50 bits per heavy atom. The van der Waals surface area contributed by atoms with Crippen LogP contribution >= 0.6 is 0 Å². The number of benzene rings is 1. The van der Waals surface area contributed by atoms with Crippen LogP contribution in [0.5, 0.6) is 0 Å². The second-order valence-electron chi connectivity index (χ2n) is 5.24. The third kappa shape index (κ3) is 2.58. The van der Waals surface area contributed by atoms with Crippen molar-refractivity contribution in [2.45, 2.75) is 52.0 Å². The Labute approximate surface area is 99.3 Å². The van der Waals surface area contributed by atoms with Crippen LogP contribution in [-0.2, 0) is 0 Å². The van der Waals surface area contributed by atoms with Crippen molar-refractivity contribution in [3.05, 3.63) is 29.8 Å². The van der Waals surface area contributed by atoms with Gasteiger partial charge in [-0.3, -0.25) is 0 Å². The van der Waals surface area contributed by atoms with E-state index >= 15 is 0 Å². The first-order valence-corrected chi connectivity index (χ1v) is 6.57. The Balaban J connectivity index is 2.12. The van der Waals surface area contributed by atoms with Gasteiger partial charge in [-0.1, -0.05) is 39.0 Å². The lowest BCUT2D eigenvalue weighted by Gasteiger charge is -2.21. The predicted octanol–water partition coefficient (Wildman–Crippen LogP) is 4.41. The highest BCUT2D eigenvalue weighted by Gasteiger charge is 2.30. The number of hydrogen-bond acceptors (Lipinski definition) is 1. The number of rotatable bonds is 5. The van der Waals surface area contributed by atoms with Crippen molar-refractivity contribution in [3.8, 4) is 0 Å². The minimum atomic E-state index is 0.598. The maximum atomic E-state index is 3.74. The first kappa shape index (κ1) is 11.5. The van der Waals surface area contributed by atoms with Crippen LogP contribution < -0.4 is 5.32 Å². The van der Waals surface area contributed by atoms with Crippen LogP contribution in [0.25, 0.3) is 0 Å². The van der Waals surface area contributed by atoms with Crippen LogP contribution in [0.2, 0.25) is 0 Å². The predicted molar refractivity (Wildman–Crippen MR) is 71.0 cm³/mol. The van der Waals surface area contributed by atoms with Gasteiger partial charge in [-0.25, -0.2) is 0 Å². The molecule has 0 aliphatic heterocycles. The lowest BCUT2D eigenvalue weighted by Crippen LogP contribution is -2.21. The molecule has 88 valence electrons. The normalized spacial score (nSPS) is 17.5. The van der Waals surface area contributed by atoms with Crippen LogP contribution in [0, 0.1) is 5.92 Å². The molecular formula is C15H23N. The van der Waals surface area contributed by atoms with E-state index in [0.717, 1.165) is 5.92 Å². The molecule has 1 N–H and O–H groups in total. The molecule has 1 aliphatic carbocycles. The number of nitrogens with one attached hydrogen (secondary N) is 1. The SMILES string of the molecule is CCC(Nc1ccccc1C(C)C)C1CC1. The largest absolute Gasteiger partial charge is 0.382 e. The zero-order valence-corrected chi connectivity index (χ0v) is 10.7. The summed E-state index contributed by atoms with van der Waals surface area (Å²) in [6.07, 6.45) is 4.06. The molecule has 0 heterocycles. The summed E-state index contributed by atoms with van der Waals surface area (Å²) in [7, 11) is 0. The maximum Gasteiger partial charge on any atom is 0.0377 e. The van der Waals surface area contributed by atoms with E-state index in [1.807, 2.05) is 0 Å². The molecule has 16 heavy (non-hydrogen) atoms. The quantitative estimate of drug-likeness (QED) is 0.770. The summed E-state index contributed by atoms with van der Waals surface area (Å²) in [5, 5.41) is 3.74. The van der Waals surface area contributed by atoms with Crippen molar-refractivity contribution in [2.75, 3.05) is 5.32 Å².